The van der Waals surface area contributed by atoms with Crippen LogP contribution in [0.5, 0.6) is 0 Å². The zero-order valence-corrected chi connectivity index (χ0v) is 14.7. The van der Waals surface area contributed by atoms with Crippen LogP contribution in [0.15, 0.2) is 41.2 Å². The number of carbonyl (C=O) groups excluding carboxylic acids is 1. The number of amides is 1. The Morgan fingerprint density at radius 1 is 1.29 bits per heavy atom. The lowest BCUT2D eigenvalue weighted by atomic mass is 9.93. The van der Waals surface area contributed by atoms with Crippen molar-refractivity contribution in [2.75, 3.05) is 38.1 Å². The van der Waals surface area contributed by atoms with Gasteiger partial charge >= 0.3 is 0 Å². The van der Waals surface area contributed by atoms with Crippen molar-refractivity contribution < 1.29 is 4.79 Å². The lowest BCUT2D eigenvalue weighted by Gasteiger charge is -2.46. The third-order valence-corrected chi connectivity index (χ3v) is 5.95. The zero-order valence-electron chi connectivity index (χ0n) is 13.9. The lowest BCUT2D eigenvalue weighted by molar-refractivity contribution is -0.123. The van der Waals surface area contributed by atoms with E-state index in [2.05, 4.69) is 33.3 Å². The molecule has 24 heavy (non-hydrogen) atoms. The fraction of sp³-hybridized carbons (Fsp3) is 0.444. The number of piperazine rings is 1. The molecule has 2 aliphatic rings. The summed E-state index contributed by atoms with van der Waals surface area (Å²) in [7, 11) is 2.09. The summed E-state index contributed by atoms with van der Waals surface area (Å²) in [6.45, 7) is 4.18. The topological polar surface area (TPSA) is 39.7 Å². The van der Waals surface area contributed by atoms with Gasteiger partial charge < -0.3 is 4.90 Å². The van der Waals surface area contributed by atoms with Crippen LogP contribution in [-0.4, -0.2) is 59.5 Å². The maximum Gasteiger partial charge on any atom is 0.241 e. The van der Waals surface area contributed by atoms with Crippen molar-refractivity contribution in [3.05, 3.63) is 46.9 Å². The monoisotopic (exact) mass is 342 g/mol. The molecule has 0 aromatic carbocycles. The molecule has 0 saturated carbocycles. The molecule has 1 amide bonds. The molecule has 2 aromatic rings. The molecule has 2 saturated heterocycles. The van der Waals surface area contributed by atoms with E-state index in [9.17, 15) is 4.79 Å². The second-order valence-corrected chi connectivity index (χ2v) is 7.60. The number of pyridine rings is 1. The van der Waals surface area contributed by atoms with E-state index in [-0.39, 0.29) is 11.4 Å². The predicted octanol–water partition coefficient (Wildman–Crippen LogP) is 2.07. The second kappa shape index (κ2) is 6.27. The van der Waals surface area contributed by atoms with Crippen molar-refractivity contribution in [3.63, 3.8) is 0 Å². The first kappa shape index (κ1) is 15.7. The summed E-state index contributed by atoms with van der Waals surface area (Å²) in [4.78, 5) is 23.6. The Bertz CT molecular complexity index is 705. The molecule has 2 aliphatic heterocycles. The minimum absolute atomic E-state index is 0.0463. The third kappa shape index (κ3) is 2.85. The quantitative estimate of drug-likeness (QED) is 0.856. The van der Waals surface area contributed by atoms with Gasteiger partial charge in [0.2, 0.25) is 5.91 Å². The van der Waals surface area contributed by atoms with Crippen LogP contribution in [0, 0.1) is 0 Å². The van der Waals surface area contributed by atoms with Gasteiger partial charge in [-0.05, 0) is 37.0 Å². The SMILES string of the molecule is CN1CC(=O)N(c2ccsc2)C[C@]12CCN(Cc1ccccn1)C2. The number of likely N-dealkylation sites (tertiary alicyclic amines) is 1. The van der Waals surface area contributed by atoms with Crippen LogP contribution in [-0.2, 0) is 11.3 Å². The zero-order chi connectivity index (χ0) is 16.6. The molecule has 5 nitrogen and oxygen atoms in total. The van der Waals surface area contributed by atoms with E-state index in [1.54, 1.807) is 11.3 Å². The number of likely N-dealkylation sites (N-methyl/N-ethyl adjacent to an activating group) is 1. The number of carbonyl (C=O) groups is 1. The van der Waals surface area contributed by atoms with Gasteiger partial charge in [-0.2, -0.15) is 11.3 Å². The fourth-order valence-electron chi connectivity index (χ4n) is 3.84. The van der Waals surface area contributed by atoms with Gasteiger partial charge in [-0.3, -0.25) is 19.6 Å². The minimum Gasteiger partial charge on any atom is -0.309 e. The summed E-state index contributed by atoms with van der Waals surface area (Å²) in [5.41, 5.74) is 2.20. The Morgan fingerprint density at radius 3 is 2.96 bits per heavy atom. The van der Waals surface area contributed by atoms with Gasteiger partial charge in [-0.15, -0.1) is 0 Å². The van der Waals surface area contributed by atoms with E-state index in [0.29, 0.717) is 6.54 Å². The molecule has 0 aliphatic carbocycles. The average molecular weight is 342 g/mol. The smallest absolute Gasteiger partial charge is 0.241 e. The average Bonchev–Trinajstić information content (AvgIpc) is 3.23. The second-order valence-electron chi connectivity index (χ2n) is 6.82. The number of rotatable bonds is 3. The van der Waals surface area contributed by atoms with E-state index in [1.807, 2.05) is 34.7 Å². The van der Waals surface area contributed by atoms with Crippen LogP contribution < -0.4 is 4.90 Å². The number of hydrogen-bond acceptors (Lipinski definition) is 5. The van der Waals surface area contributed by atoms with Gasteiger partial charge in [-0.25, -0.2) is 0 Å². The standard InChI is InChI=1S/C18H22N4OS/c1-20-11-17(23)22(16-5-9-24-12-16)14-18(20)6-8-21(13-18)10-15-4-2-3-7-19-15/h2-5,7,9,12H,6,8,10-11,13-14H2,1H3/t18-/m1/s1. The molecule has 6 heteroatoms. The molecule has 4 rings (SSSR count). The van der Waals surface area contributed by atoms with E-state index in [0.717, 1.165) is 44.0 Å². The van der Waals surface area contributed by atoms with Gasteiger partial charge in [0.15, 0.2) is 0 Å². The highest BCUT2D eigenvalue weighted by Crippen LogP contribution is 2.34. The molecule has 4 heterocycles. The van der Waals surface area contributed by atoms with Crippen LogP contribution in [0.4, 0.5) is 5.69 Å². The highest BCUT2D eigenvalue weighted by atomic mass is 32.1. The number of anilines is 1. The van der Waals surface area contributed by atoms with Gasteiger partial charge in [0, 0.05) is 37.8 Å². The maximum absolute atomic E-state index is 12.5. The Labute approximate surface area is 146 Å². The Kier molecular flexibility index (Phi) is 4.12. The molecule has 0 N–H and O–H groups in total. The Balaban J connectivity index is 1.50. The molecular weight excluding hydrogens is 320 g/mol. The number of hydrogen-bond donors (Lipinski definition) is 0. The van der Waals surface area contributed by atoms with E-state index in [1.165, 1.54) is 0 Å². The van der Waals surface area contributed by atoms with Crippen LogP contribution in [0.2, 0.25) is 0 Å². The van der Waals surface area contributed by atoms with Gasteiger partial charge in [-0.1, -0.05) is 6.07 Å². The van der Waals surface area contributed by atoms with Crippen LogP contribution in [0.25, 0.3) is 0 Å². The molecule has 2 fully saturated rings. The minimum atomic E-state index is 0.0463. The molecule has 0 bridgehead atoms. The summed E-state index contributed by atoms with van der Waals surface area (Å²) in [5, 5.41) is 4.10. The Hall–Kier alpha value is -1.76. The summed E-state index contributed by atoms with van der Waals surface area (Å²) < 4.78 is 0. The van der Waals surface area contributed by atoms with Crippen molar-refractivity contribution >= 4 is 22.9 Å². The lowest BCUT2D eigenvalue weighted by Crippen LogP contribution is -2.64. The van der Waals surface area contributed by atoms with Crippen molar-refractivity contribution in [2.45, 2.75) is 18.5 Å². The first-order chi connectivity index (χ1) is 11.7. The van der Waals surface area contributed by atoms with Crippen molar-refractivity contribution in [3.8, 4) is 0 Å². The fourth-order valence-corrected chi connectivity index (χ4v) is 4.48. The van der Waals surface area contributed by atoms with Crippen molar-refractivity contribution in [2.24, 2.45) is 0 Å². The normalized spacial score (nSPS) is 25.7. The summed E-state index contributed by atoms with van der Waals surface area (Å²) >= 11 is 1.64. The first-order valence-electron chi connectivity index (χ1n) is 8.32. The molecular formula is C18H22N4OS. The Morgan fingerprint density at radius 2 is 2.21 bits per heavy atom. The molecule has 2 aromatic heterocycles. The predicted molar refractivity (Wildman–Crippen MR) is 96.2 cm³/mol. The maximum atomic E-state index is 12.5. The van der Waals surface area contributed by atoms with Crippen molar-refractivity contribution in [1.29, 1.82) is 0 Å². The van der Waals surface area contributed by atoms with Crippen LogP contribution in [0.3, 0.4) is 0 Å². The van der Waals surface area contributed by atoms with E-state index in [4.69, 9.17) is 0 Å². The van der Waals surface area contributed by atoms with Crippen molar-refractivity contribution in [1.82, 2.24) is 14.8 Å². The first-order valence-corrected chi connectivity index (χ1v) is 9.27. The molecule has 0 unspecified atom stereocenters. The number of thiophene rings is 1. The van der Waals surface area contributed by atoms with E-state index < -0.39 is 0 Å². The van der Waals surface area contributed by atoms with Gasteiger partial charge in [0.05, 0.1) is 23.5 Å². The number of nitrogens with zero attached hydrogens (tertiary/aromatic N) is 4. The van der Waals surface area contributed by atoms with Gasteiger partial charge in [0.1, 0.15) is 0 Å². The summed E-state index contributed by atoms with van der Waals surface area (Å²) in [6, 6.07) is 8.12. The van der Waals surface area contributed by atoms with Crippen LogP contribution in [0.1, 0.15) is 12.1 Å². The molecule has 0 radical (unpaired) electrons. The largest absolute Gasteiger partial charge is 0.309 e. The highest BCUT2D eigenvalue weighted by molar-refractivity contribution is 7.08. The molecule has 1 atom stereocenters. The highest BCUT2D eigenvalue weighted by Gasteiger charge is 2.47. The van der Waals surface area contributed by atoms with Crippen LogP contribution >= 0.6 is 11.3 Å². The molecule has 126 valence electrons. The number of aromatic nitrogens is 1. The summed E-state index contributed by atoms with van der Waals surface area (Å²) in [5.74, 6) is 0.199. The molecule has 1 spiro atoms. The van der Waals surface area contributed by atoms with Gasteiger partial charge in [0.25, 0.3) is 0 Å². The third-order valence-electron chi connectivity index (χ3n) is 5.28. The summed E-state index contributed by atoms with van der Waals surface area (Å²) in [6.07, 6.45) is 2.94. The van der Waals surface area contributed by atoms with E-state index >= 15 is 0 Å².